The highest BCUT2D eigenvalue weighted by Crippen LogP contribution is 2.26. The van der Waals surface area contributed by atoms with Crippen molar-refractivity contribution in [2.24, 2.45) is 11.7 Å². The molecule has 0 saturated heterocycles. The van der Waals surface area contributed by atoms with Crippen molar-refractivity contribution in [2.45, 2.75) is 19.9 Å². The van der Waals surface area contributed by atoms with Crippen molar-refractivity contribution in [2.75, 3.05) is 27.2 Å². The largest absolute Gasteiger partial charge is 0.497 e. The van der Waals surface area contributed by atoms with Gasteiger partial charge in [0.05, 0.1) is 7.11 Å². The van der Waals surface area contributed by atoms with Gasteiger partial charge in [-0.2, -0.15) is 0 Å². The molecule has 2 aromatic rings. The van der Waals surface area contributed by atoms with Crippen molar-refractivity contribution in [3.05, 3.63) is 42.0 Å². The highest BCUT2D eigenvalue weighted by atomic mass is 16.5. The molecule has 114 valence electrons. The van der Waals surface area contributed by atoms with Crippen LogP contribution in [0.2, 0.25) is 0 Å². The van der Waals surface area contributed by atoms with E-state index in [-0.39, 0.29) is 6.04 Å². The monoisotopic (exact) mass is 286 g/mol. The molecule has 21 heavy (non-hydrogen) atoms. The second kappa shape index (κ2) is 6.92. The zero-order chi connectivity index (χ0) is 15.4. The van der Waals surface area contributed by atoms with E-state index in [4.69, 9.17) is 10.5 Å². The van der Waals surface area contributed by atoms with Crippen molar-refractivity contribution in [1.82, 2.24) is 4.90 Å². The van der Waals surface area contributed by atoms with E-state index in [9.17, 15) is 0 Å². The second-order valence-electron chi connectivity index (χ2n) is 6.06. The van der Waals surface area contributed by atoms with E-state index < -0.39 is 0 Å². The molecule has 3 nitrogen and oxygen atoms in total. The van der Waals surface area contributed by atoms with E-state index >= 15 is 0 Å². The number of benzene rings is 2. The van der Waals surface area contributed by atoms with Gasteiger partial charge >= 0.3 is 0 Å². The Labute approximate surface area is 127 Å². The Bertz CT molecular complexity index is 595. The van der Waals surface area contributed by atoms with Crippen LogP contribution >= 0.6 is 0 Å². The Kier molecular flexibility index (Phi) is 5.21. The Morgan fingerprint density at radius 3 is 2.38 bits per heavy atom. The first kappa shape index (κ1) is 15.8. The number of hydrogen-bond donors (Lipinski definition) is 1. The molecule has 0 aliphatic heterocycles. The van der Waals surface area contributed by atoms with Crippen LogP contribution < -0.4 is 10.5 Å². The van der Waals surface area contributed by atoms with Gasteiger partial charge in [0.25, 0.3) is 0 Å². The quantitative estimate of drug-likeness (QED) is 0.884. The van der Waals surface area contributed by atoms with Gasteiger partial charge in [0.1, 0.15) is 5.75 Å². The lowest BCUT2D eigenvalue weighted by Crippen LogP contribution is -2.33. The van der Waals surface area contributed by atoms with Gasteiger partial charge in [0.15, 0.2) is 0 Å². The minimum atomic E-state index is 0.263. The molecule has 0 aromatic heterocycles. The van der Waals surface area contributed by atoms with Gasteiger partial charge in [0, 0.05) is 19.1 Å². The van der Waals surface area contributed by atoms with E-state index in [1.807, 2.05) is 6.07 Å². The maximum Gasteiger partial charge on any atom is 0.119 e. The molecule has 0 aliphatic rings. The second-order valence-corrected chi connectivity index (χ2v) is 6.06. The predicted molar refractivity (Wildman–Crippen MR) is 89.8 cm³/mol. The zero-order valence-electron chi connectivity index (χ0n) is 13.5. The summed E-state index contributed by atoms with van der Waals surface area (Å²) in [4.78, 5) is 2.34. The van der Waals surface area contributed by atoms with E-state index in [0.29, 0.717) is 12.5 Å². The molecule has 1 unspecified atom stereocenters. The van der Waals surface area contributed by atoms with Crippen LogP contribution in [0.1, 0.15) is 25.5 Å². The average Bonchev–Trinajstić information content (AvgIpc) is 2.46. The molecule has 0 saturated carbocycles. The van der Waals surface area contributed by atoms with Crippen molar-refractivity contribution in [3.63, 3.8) is 0 Å². The third kappa shape index (κ3) is 3.74. The van der Waals surface area contributed by atoms with Gasteiger partial charge in [-0.25, -0.2) is 0 Å². The minimum Gasteiger partial charge on any atom is -0.497 e. The minimum absolute atomic E-state index is 0.263. The molecule has 0 fully saturated rings. The lowest BCUT2D eigenvalue weighted by atomic mass is 10.00. The number of rotatable bonds is 6. The van der Waals surface area contributed by atoms with Crippen molar-refractivity contribution < 1.29 is 4.74 Å². The maximum atomic E-state index is 6.01. The zero-order valence-corrected chi connectivity index (χ0v) is 13.5. The summed E-state index contributed by atoms with van der Waals surface area (Å²) in [6.07, 6.45) is 0. The number of ether oxygens (including phenoxy) is 1. The van der Waals surface area contributed by atoms with Gasteiger partial charge in [-0.05, 0) is 47.5 Å². The molecule has 0 heterocycles. The summed E-state index contributed by atoms with van der Waals surface area (Å²) in [5.74, 6) is 1.52. The summed E-state index contributed by atoms with van der Waals surface area (Å²) in [6, 6.07) is 13.0. The Morgan fingerprint density at radius 2 is 1.76 bits per heavy atom. The average molecular weight is 286 g/mol. The number of nitrogens with zero attached hydrogens (tertiary/aromatic N) is 1. The molecule has 2 rings (SSSR count). The van der Waals surface area contributed by atoms with Crippen LogP contribution in [-0.2, 0) is 0 Å². The van der Waals surface area contributed by atoms with Gasteiger partial charge in [-0.3, -0.25) is 4.90 Å². The van der Waals surface area contributed by atoms with Crippen LogP contribution in [0.3, 0.4) is 0 Å². The topological polar surface area (TPSA) is 38.5 Å². The fourth-order valence-corrected chi connectivity index (χ4v) is 2.85. The van der Waals surface area contributed by atoms with E-state index in [2.05, 4.69) is 56.1 Å². The number of methoxy groups -OCH3 is 1. The lowest BCUT2D eigenvalue weighted by Gasteiger charge is -2.29. The Balaban J connectivity index is 2.31. The van der Waals surface area contributed by atoms with Crippen LogP contribution in [0.15, 0.2) is 36.4 Å². The van der Waals surface area contributed by atoms with Crippen molar-refractivity contribution in [1.29, 1.82) is 0 Å². The summed E-state index contributed by atoms with van der Waals surface area (Å²) in [7, 11) is 3.84. The number of nitrogens with two attached hydrogens (primary N) is 1. The third-order valence-corrected chi connectivity index (χ3v) is 3.86. The molecule has 1 atom stereocenters. The standard InChI is InChI=1S/C18H26N2O/c1-13(2)12-20(3)18(11-19)16-6-5-15-10-17(21-4)8-7-14(15)9-16/h5-10,13,18H,11-12,19H2,1-4H3. The molecular weight excluding hydrogens is 260 g/mol. The van der Waals surface area contributed by atoms with E-state index in [1.54, 1.807) is 7.11 Å². The fraction of sp³-hybridized carbons (Fsp3) is 0.444. The molecule has 0 aliphatic carbocycles. The molecule has 2 N–H and O–H groups in total. The van der Waals surface area contributed by atoms with Gasteiger partial charge in [-0.1, -0.05) is 32.0 Å². The van der Waals surface area contributed by atoms with E-state index in [0.717, 1.165) is 12.3 Å². The summed E-state index contributed by atoms with van der Waals surface area (Å²) < 4.78 is 5.27. The molecule has 2 aromatic carbocycles. The maximum absolute atomic E-state index is 6.01. The summed E-state index contributed by atoms with van der Waals surface area (Å²) in [5, 5.41) is 2.42. The molecular formula is C18H26N2O. The van der Waals surface area contributed by atoms with Gasteiger partial charge < -0.3 is 10.5 Å². The fourth-order valence-electron chi connectivity index (χ4n) is 2.85. The first-order valence-electron chi connectivity index (χ1n) is 7.53. The first-order valence-corrected chi connectivity index (χ1v) is 7.53. The summed E-state index contributed by atoms with van der Waals surface area (Å²) in [6.45, 7) is 6.14. The molecule has 0 radical (unpaired) electrons. The van der Waals surface area contributed by atoms with Gasteiger partial charge in [0.2, 0.25) is 0 Å². The first-order chi connectivity index (χ1) is 10.0. The Hall–Kier alpha value is -1.58. The molecule has 3 heteroatoms. The van der Waals surface area contributed by atoms with Crippen LogP contribution in [0, 0.1) is 5.92 Å². The number of hydrogen-bond acceptors (Lipinski definition) is 3. The molecule has 0 bridgehead atoms. The van der Waals surface area contributed by atoms with Gasteiger partial charge in [-0.15, -0.1) is 0 Å². The summed E-state index contributed by atoms with van der Waals surface area (Å²) in [5.41, 5.74) is 7.29. The van der Waals surface area contributed by atoms with Crippen LogP contribution in [0.4, 0.5) is 0 Å². The van der Waals surface area contributed by atoms with E-state index in [1.165, 1.54) is 16.3 Å². The van der Waals surface area contributed by atoms with Crippen LogP contribution in [0.25, 0.3) is 10.8 Å². The van der Waals surface area contributed by atoms with Crippen LogP contribution in [-0.4, -0.2) is 32.1 Å². The smallest absolute Gasteiger partial charge is 0.119 e. The third-order valence-electron chi connectivity index (χ3n) is 3.86. The highest BCUT2D eigenvalue weighted by Gasteiger charge is 2.16. The summed E-state index contributed by atoms with van der Waals surface area (Å²) >= 11 is 0. The lowest BCUT2D eigenvalue weighted by molar-refractivity contribution is 0.224. The normalized spacial score (nSPS) is 13.1. The van der Waals surface area contributed by atoms with Crippen molar-refractivity contribution >= 4 is 10.8 Å². The number of fused-ring (bicyclic) bond motifs is 1. The molecule has 0 amide bonds. The Morgan fingerprint density at radius 1 is 1.10 bits per heavy atom. The highest BCUT2D eigenvalue weighted by molar-refractivity contribution is 5.84. The van der Waals surface area contributed by atoms with Crippen molar-refractivity contribution in [3.8, 4) is 5.75 Å². The van der Waals surface area contributed by atoms with Crippen LogP contribution in [0.5, 0.6) is 5.75 Å². The SMILES string of the molecule is COc1ccc2cc(C(CN)N(C)CC(C)C)ccc2c1. The molecule has 0 spiro atoms. The predicted octanol–water partition coefficient (Wildman–Crippen LogP) is 3.44. The number of likely N-dealkylation sites (N-methyl/N-ethyl adjacent to an activating group) is 1.